The molecule has 116 valence electrons. The van der Waals surface area contributed by atoms with Gasteiger partial charge in [0.15, 0.2) is 0 Å². The number of likely N-dealkylation sites (N-methyl/N-ethyl adjacent to an activating group) is 1. The van der Waals surface area contributed by atoms with Gasteiger partial charge in [0.25, 0.3) is 0 Å². The number of nitrogens with zero attached hydrogens (tertiary/aromatic N) is 3. The number of carbonyl (C=O) groups excluding carboxylic acids is 1. The van der Waals surface area contributed by atoms with Crippen LogP contribution in [0.2, 0.25) is 0 Å². The van der Waals surface area contributed by atoms with Crippen LogP contribution in [0.15, 0.2) is 0 Å². The molecule has 0 radical (unpaired) electrons. The molecule has 2 aliphatic heterocycles. The molecule has 1 atom stereocenters. The maximum Gasteiger partial charge on any atom is 0.410 e. The summed E-state index contributed by atoms with van der Waals surface area (Å²) in [6.07, 6.45) is 2.13. The van der Waals surface area contributed by atoms with Crippen molar-refractivity contribution in [3.05, 3.63) is 0 Å². The van der Waals surface area contributed by atoms with Crippen LogP contribution in [0, 0.1) is 0 Å². The lowest BCUT2D eigenvalue weighted by molar-refractivity contribution is 0.0280. The molecule has 0 unspecified atom stereocenters. The molecule has 0 N–H and O–H groups in total. The van der Waals surface area contributed by atoms with E-state index < -0.39 is 5.60 Å². The Bertz CT molecular complexity index is 341. The van der Waals surface area contributed by atoms with Gasteiger partial charge in [0.05, 0.1) is 0 Å². The Hall–Kier alpha value is -0.810. The van der Waals surface area contributed by atoms with E-state index in [1.807, 2.05) is 25.7 Å². The molecule has 0 aromatic rings. The predicted octanol–water partition coefficient (Wildman–Crippen LogP) is 1.63. The monoisotopic (exact) mass is 283 g/mol. The van der Waals surface area contributed by atoms with E-state index in [1.54, 1.807) is 0 Å². The Morgan fingerprint density at radius 2 is 1.85 bits per heavy atom. The first-order chi connectivity index (χ1) is 9.35. The smallest absolute Gasteiger partial charge is 0.410 e. The summed E-state index contributed by atoms with van der Waals surface area (Å²) in [5, 5.41) is 0. The van der Waals surface area contributed by atoms with Crippen molar-refractivity contribution < 1.29 is 9.53 Å². The summed E-state index contributed by atoms with van der Waals surface area (Å²) in [5.74, 6) is 0. The Kier molecular flexibility index (Phi) is 4.91. The van der Waals surface area contributed by atoms with E-state index in [4.69, 9.17) is 4.74 Å². The van der Waals surface area contributed by atoms with Gasteiger partial charge in [0.1, 0.15) is 5.60 Å². The molecule has 1 amide bonds. The first kappa shape index (κ1) is 15.6. The lowest BCUT2D eigenvalue weighted by Gasteiger charge is -2.28. The fraction of sp³-hybridized carbons (Fsp3) is 0.933. The highest BCUT2D eigenvalue weighted by Gasteiger charge is 2.33. The second-order valence-corrected chi connectivity index (χ2v) is 7.06. The molecule has 5 nitrogen and oxygen atoms in total. The zero-order valence-electron chi connectivity index (χ0n) is 13.4. The normalized spacial score (nSPS) is 26.6. The summed E-state index contributed by atoms with van der Waals surface area (Å²) in [5.41, 5.74) is -0.402. The highest BCUT2D eigenvalue weighted by Crippen LogP contribution is 2.20. The lowest BCUT2D eigenvalue weighted by atomic mass is 10.2. The van der Waals surface area contributed by atoms with Crippen LogP contribution < -0.4 is 0 Å². The molecule has 0 bridgehead atoms. The molecule has 2 aliphatic rings. The Labute approximate surface area is 122 Å². The van der Waals surface area contributed by atoms with Crippen molar-refractivity contribution in [2.75, 3.05) is 46.3 Å². The molecule has 20 heavy (non-hydrogen) atoms. The van der Waals surface area contributed by atoms with E-state index in [-0.39, 0.29) is 6.09 Å². The summed E-state index contributed by atoms with van der Waals surface area (Å²) < 4.78 is 5.46. The fourth-order valence-electron chi connectivity index (χ4n) is 2.96. The van der Waals surface area contributed by atoms with E-state index >= 15 is 0 Å². The number of amides is 1. The zero-order valence-corrected chi connectivity index (χ0v) is 13.4. The van der Waals surface area contributed by atoms with Crippen LogP contribution >= 0.6 is 0 Å². The largest absolute Gasteiger partial charge is 0.444 e. The molecule has 0 aliphatic carbocycles. The molecule has 0 aromatic carbocycles. The third-order valence-electron chi connectivity index (χ3n) is 4.09. The van der Waals surface area contributed by atoms with E-state index in [0.29, 0.717) is 6.04 Å². The van der Waals surface area contributed by atoms with Crippen LogP contribution in [0.5, 0.6) is 0 Å². The predicted molar refractivity (Wildman–Crippen MR) is 79.9 cm³/mol. The molecule has 5 heteroatoms. The summed E-state index contributed by atoms with van der Waals surface area (Å²) in [6.45, 7) is 12.0. The van der Waals surface area contributed by atoms with Crippen molar-refractivity contribution in [3.63, 3.8) is 0 Å². The molecule has 2 rings (SSSR count). The minimum absolute atomic E-state index is 0.160. The molecule has 2 heterocycles. The van der Waals surface area contributed by atoms with Crippen molar-refractivity contribution in [1.82, 2.24) is 14.7 Å². The number of ether oxygens (including phenoxy) is 1. The van der Waals surface area contributed by atoms with Gasteiger partial charge >= 0.3 is 6.09 Å². The molecular formula is C15H29N3O2. The lowest BCUT2D eigenvalue weighted by Crippen LogP contribution is -2.41. The highest BCUT2D eigenvalue weighted by molar-refractivity contribution is 5.68. The van der Waals surface area contributed by atoms with Crippen molar-refractivity contribution >= 4 is 6.09 Å². The SMILES string of the molecule is CN1CCCN([C@@H]2CCN(C(=O)OC(C)(C)C)C2)CC1. The van der Waals surface area contributed by atoms with Crippen LogP contribution in [-0.4, -0.2) is 78.8 Å². The van der Waals surface area contributed by atoms with Crippen LogP contribution in [0.3, 0.4) is 0 Å². The summed E-state index contributed by atoms with van der Waals surface area (Å²) in [6, 6.07) is 0.508. The molecule has 2 fully saturated rings. The Balaban J connectivity index is 1.84. The highest BCUT2D eigenvalue weighted by atomic mass is 16.6. The van der Waals surface area contributed by atoms with Gasteiger partial charge < -0.3 is 14.5 Å². The van der Waals surface area contributed by atoms with Gasteiger partial charge in [-0.2, -0.15) is 0 Å². The quantitative estimate of drug-likeness (QED) is 0.733. The van der Waals surface area contributed by atoms with Gasteiger partial charge in [-0.3, -0.25) is 4.90 Å². The van der Waals surface area contributed by atoms with Crippen molar-refractivity contribution in [2.45, 2.75) is 45.3 Å². The van der Waals surface area contributed by atoms with Gasteiger partial charge in [-0.05, 0) is 53.8 Å². The van der Waals surface area contributed by atoms with Crippen LogP contribution in [0.4, 0.5) is 4.79 Å². The van der Waals surface area contributed by atoms with Crippen molar-refractivity contribution in [3.8, 4) is 0 Å². The van der Waals surface area contributed by atoms with E-state index in [0.717, 1.165) is 39.1 Å². The third kappa shape index (κ3) is 4.35. The number of rotatable bonds is 1. The molecule has 0 aromatic heterocycles. The average molecular weight is 283 g/mol. The van der Waals surface area contributed by atoms with Gasteiger partial charge in [-0.15, -0.1) is 0 Å². The number of likely N-dealkylation sites (tertiary alicyclic amines) is 1. The number of hydrogen-bond donors (Lipinski definition) is 0. The van der Waals surface area contributed by atoms with Gasteiger partial charge in [0.2, 0.25) is 0 Å². The first-order valence-electron chi connectivity index (χ1n) is 7.76. The summed E-state index contributed by atoms with van der Waals surface area (Å²) in [7, 11) is 2.19. The Morgan fingerprint density at radius 1 is 1.10 bits per heavy atom. The van der Waals surface area contributed by atoms with E-state index in [9.17, 15) is 4.79 Å². The van der Waals surface area contributed by atoms with Crippen molar-refractivity contribution in [2.24, 2.45) is 0 Å². The zero-order chi connectivity index (χ0) is 14.8. The van der Waals surface area contributed by atoms with Gasteiger partial charge in [-0.25, -0.2) is 4.79 Å². The minimum atomic E-state index is -0.402. The Morgan fingerprint density at radius 3 is 2.55 bits per heavy atom. The summed E-state index contributed by atoms with van der Waals surface area (Å²) in [4.78, 5) is 18.9. The molecular weight excluding hydrogens is 254 g/mol. The topological polar surface area (TPSA) is 36.0 Å². The third-order valence-corrected chi connectivity index (χ3v) is 4.09. The standard InChI is InChI=1S/C15H29N3O2/c1-15(2,3)20-14(19)18-9-6-13(12-18)17-8-5-7-16(4)10-11-17/h13H,5-12H2,1-4H3/t13-/m1/s1. The fourth-order valence-corrected chi connectivity index (χ4v) is 2.96. The molecule has 0 spiro atoms. The van der Waals surface area contributed by atoms with E-state index in [1.165, 1.54) is 13.0 Å². The maximum atomic E-state index is 12.1. The van der Waals surface area contributed by atoms with Gasteiger partial charge in [0, 0.05) is 32.2 Å². The summed E-state index contributed by atoms with van der Waals surface area (Å²) >= 11 is 0. The average Bonchev–Trinajstić information content (AvgIpc) is 2.72. The molecule has 0 saturated carbocycles. The van der Waals surface area contributed by atoms with Crippen LogP contribution in [0.1, 0.15) is 33.6 Å². The number of carbonyl (C=O) groups is 1. The van der Waals surface area contributed by atoms with E-state index in [2.05, 4.69) is 16.8 Å². The number of hydrogen-bond acceptors (Lipinski definition) is 4. The minimum Gasteiger partial charge on any atom is -0.444 e. The maximum absolute atomic E-state index is 12.1. The van der Waals surface area contributed by atoms with Gasteiger partial charge in [-0.1, -0.05) is 0 Å². The second-order valence-electron chi connectivity index (χ2n) is 7.06. The van der Waals surface area contributed by atoms with Crippen LogP contribution in [0.25, 0.3) is 0 Å². The first-order valence-corrected chi connectivity index (χ1v) is 7.76. The molecule has 2 saturated heterocycles. The van der Waals surface area contributed by atoms with Crippen molar-refractivity contribution in [1.29, 1.82) is 0 Å². The second kappa shape index (κ2) is 6.31. The van der Waals surface area contributed by atoms with Crippen LogP contribution in [-0.2, 0) is 4.74 Å².